The van der Waals surface area contributed by atoms with E-state index in [9.17, 15) is 9.90 Å². The molecule has 0 bridgehead atoms. The van der Waals surface area contributed by atoms with Crippen LogP contribution in [0, 0.1) is 11.7 Å². The van der Waals surface area contributed by atoms with Gasteiger partial charge in [0, 0.05) is 5.69 Å². The van der Waals surface area contributed by atoms with Crippen molar-refractivity contribution in [3.05, 3.63) is 80.8 Å². The number of aromatic nitrogens is 2. The maximum Gasteiger partial charge on any atom is 0.264 e. The topological polar surface area (TPSA) is 94.4 Å². The van der Waals surface area contributed by atoms with Crippen LogP contribution in [0.25, 0.3) is 5.69 Å². The van der Waals surface area contributed by atoms with Crippen LogP contribution >= 0.6 is 24.4 Å². The number of para-hydroxylation sites is 1. The van der Waals surface area contributed by atoms with E-state index in [1.165, 1.54) is 10.8 Å². The van der Waals surface area contributed by atoms with Crippen LogP contribution in [0.15, 0.2) is 64.5 Å². The first-order valence-electron chi connectivity index (χ1n) is 8.26. The average molecular weight is 412 g/mol. The zero-order valence-corrected chi connectivity index (χ0v) is 16.5. The second-order valence-electron chi connectivity index (χ2n) is 5.86. The number of nitrogens with zero attached hydrogens (tertiary/aromatic N) is 2. The van der Waals surface area contributed by atoms with Gasteiger partial charge in [0.1, 0.15) is 5.56 Å². The number of aromatic amines is 1. The van der Waals surface area contributed by atoms with Gasteiger partial charge in [-0.2, -0.15) is 5.10 Å². The van der Waals surface area contributed by atoms with E-state index >= 15 is 0 Å². The Bertz CT molecular complexity index is 1140. The molecule has 0 spiro atoms. The van der Waals surface area contributed by atoms with Gasteiger partial charge in [0.2, 0.25) is 5.88 Å². The number of hydrazone groups is 1. The van der Waals surface area contributed by atoms with Gasteiger partial charge >= 0.3 is 0 Å². The number of hydrogen-bond donors (Lipinski definition) is 4. The third kappa shape index (κ3) is 4.51. The first-order valence-corrected chi connectivity index (χ1v) is 9.08. The molecular formula is C19H17N5O2S2. The molecule has 3 aromatic rings. The molecule has 7 nitrogen and oxygen atoms in total. The number of nitrogens with one attached hydrogen (secondary N) is 3. The Balaban J connectivity index is 1.84. The van der Waals surface area contributed by atoms with Crippen molar-refractivity contribution in [3.8, 4) is 11.6 Å². The largest absolute Gasteiger partial charge is 0.494 e. The van der Waals surface area contributed by atoms with Gasteiger partial charge in [-0.25, -0.2) is 0 Å². The first kappa shape index (κ1) is 19.5. The number of benzene rings is 2. The Morgan fingerprint density at radius 2 is 1.86 bits per heavy atom. The molecule has 0 fully saturated rings. The minimum absolute atomic E-state index is 0.0517. The second kappa shape index (κ2) is 8.59. The lowest BCUT2D eigenvalue weighted by Gasteiger charge is -2.11. The molecular weight excluding hydrogens is 394 g/mol. The first-order chi connectivity index (χ1) is 13.5. The monoisotopic (exact) mass is 411 g/mol. The van der Waals surface area contributed by atoms with E-state index in [1.807, 2.05) is 49.4 Å². The molecule has 0 aliphatic heterocycles. The molecule has 4 N–H and O–H groups in total. The molecule has 0 unspecified atom stereocenters. The molecule has 2 aromatic carbocycles. The van der Waals surface area contributed by atoms with E-state index in [1.54, 1.807) is 12.1 Å². The van der Waals surface area contributed by atoms with Gasteiger partial charge < -0.3 is 10.4 Å². The summed E-state index contributed by atoms with van der Waals surface area (Å²) < 4.78 is 1.44. The summed E-state index contributed by atoms with van der Waals surface area (Å²) in [4.78, 5) is 14.7. The predicted octanol–water partition coefficient (Wildman–Crippen LogP) is 3.23. The van der Waals surface area contributed by atoms with Gasteiger partial charge in [0.15, 0.2) is 9.88 Å². The van der Waals surface area contributed by atoms with Crippen molar-refractivity contribution in [2.45, 2.75) is 6.92 Å². The fraction of sp³-hybridized carbons (Fsp3) is 0.0526. The molecule has 0 saturated carbocycles. The SMILES string of the molecule is Cc1ccc(-n2c(O)c(/C=N/NC(=S)Nc3ccccc3)c(=O)[nH]c2=S)cc1. The number of rotatable bonds is 4. The molecule has 0 aliphatic rings. The van der Waals surface area contributed by atoms with Gasteiger partial charge in [-0.15, -0.1) is 0 Å². The van der Waals surface area contributed by atoms with Crippen LogP contribution < -0.4 is 16.3 Å². The van der Waals surface area contributed by atoms with Crippen molar-refractivity contribution >= 4 is 41.5 Å². The molecule has 0 atom stereocenters. The van der Waals surface area contributed by atoms with Crippen molar-refractivity contribution in [1.29, 1.82) is 0 Å². The Morgan fingerprint density at radius 1 is 1.18 bits per heavy atom. The van der Waals surface area contributed by atoms with E-state index in [-0.39, 0.29) is 21.3 Å². The van der Waals surface area contributed by atoms with E-state index in [0.717, 1.165) is 11.3 Å². The van der Waals surface area contributed by atoms with Gasteiger partial charge in [-0.1, -0.05) is 35.9 Å². The fourth-order valence-corrected chi connectivity index (χ4v) is 2.88. The van der Waals surface area contributed by atoms with Crippen molar-refractivity contribution in [2.24, 2.45) is 5.10 Å². The van der Waals surface area contributed by atoms with Gasteiger partial charge in [0.25, 0.3) is 5.56 Å². The zero-order valence-electron chi connectivity index (χ0n) is 14.8. The fourth-order valence-electron chi connectivity index (χ4n) is 2.42. The summed E-state index contributed by atoms with van der Waals surface area (Å²) in [6.45, 7) is 1.95. The van der Waals surface area contributed by atoms with Gasteiger partial charge in [-0.3, -0.25) is 19.8 Å². The van der Waals surface area contributed by atoms with E-state index < -0.39 is 5.56 Å². The van der Waals surface area contributed by atoms with Crippen molar-refractivity contribution in [1.82, 2.24) is 15.0 Å². The smallest absolute Gasteiger partial charge is 0.264 e. The van der Waals surface area contributed by atoms with E-state index in [0.29, 0.717) is 5.69 Å². The molecule has 3 rings (SSSR count). The molecule has 1 aromatic heterocycles. The molecule has 0 aliphatic carbocycles. The lowest BCUT2D eigenvalue weighted by Crippen LogP contribution is -2.25. The van der Waals surface area contributed by atoms with Crippen LogP contribution in [-0.4, -0.2) is 26.0 Å². The number of thiocarbonyl (C=S) groups is 1. The highest BCUT2D eigenvalue weighted by Crippen LogP contribution is 2.18. The van der Waals surface area contributed by atoms with E-state index in [4.69, 9.17) is 24.4 Å². The molecule has 0 radical (unpaired) electrons. The van der Waals surface area contributed by atoms with Gasteiger partial charge in [0.05, 0.1) is 11.9 Å². The van der Waals surface area contributed by atoms with E-state index in [2.05, 4.69) is 20.8 Å². The summed E-state index contributed by atoms with van der Waals surface area (Å²) >= 11 is 10.3. The molecule has 142 valence electrons. The Kier molecular flexibility index (Phi) is 5.97. The number of H-pyrrole nitrogens is 1. The summed E-state index contributed by atoms with van der Waals surface area (Å²) in [5, 5.41) is 17.7. The lowest BCUT2D eigenvalue weighted by atomic mass is 10.2. The third-order valence-electron chi connectivity index (χ3n) is 3.80. The maximum absolute atomic E-state index is 12.2. The highest BCUT2D eigenvalue weighted by molar-refractivity contribution is 7.80. The van der Waals surface area contributed by atoms with Gasteiger partial charge in [-0.05, 0) is 55.6 Å². The summed E-state index contributed by atoms with van der Waals surface area (Å²) in [6, 6.07) is 16.7. The summed E-state index contributed by atoms with van der Waals surface area (Å²) in [5.74, 6) is -0.315. The standard InChI is InChI=1S/C19H17N5O2S2/c1-12-7-9-14(10-8-12)24-17(26)15(16(25)22-19(24)28)11-20-23-18(27)21-13-5-3-2-4-6-13/h2-11,26H,1H3,(H2,21,23,27)(H,22,25,28)/b20-11+. The number of aryl methyl sites for hydroxylation is 1. The summed E-state index contributed by atoms with van der Waals surface area (Å²) in [7, 11) is 0. The normalized spacial score (nSPS) is 10.8. The van der Waals surface area contributed by atoms with Crippen LogP contribution in [0.1, 0.15) is 11.1 Å². The van der Waals surface area contributed by atoms with Crippen LogP contribution in [0.3, 0.4) is 0 Å². The van der Waals surface area contributed by atoms with Crippen molar-refractivity contribution < 1.29 is 5.11 Å². The number of aromatic hydroxyl groups is 1. The molecule has 0 amide bonds. The van der Waals surface area contributed by atoms with Crippen LogP contribution in [0.5, 0.6) is 5.88 Å². The molecule has 1 heterocycles. The maximum atomic E-state index is 12.2. The lowest BCUT2D eigenvalue weighted by molar-refractivity contribution is 0.432. The average Bonchev–Trinajstić information content (AvgIpc) is 2.66. The highest BCUT2D eigenvalue weighted by atomic mass is 32.1. The molecule has 28 heavy (non-hydrogen) atoms. The quantitative estimate of drug-likeness (QED) is 0.299. The number of anilines is 1. The zero-order chi connectivity index (χ0) is 20.1. The minimum Gasteiger partial charge on any atom is -0.494 e. The third-order valence-corrected chi connectivity index (χ3v) is 4.28. The molecule has 9 heteroatoms. The molecule has 0 saturated heterocycles. The number of hydrogen-bond acceptors (Lipinski definition) is 5. The Morgan fingerprint density at radius 3 is 2.54 bits per heavy atom. The van der Waals surface area contributed by atoms with Crippen LogP contribution in [0.4, 0.5) is 5.69 Å². The highest BCUT2D eigenvalue weighted by Gasteiger charge is 2.12. The summed E-state index contributed by atoms with van der Waals surface area (Å²) in [5.41, 5.74) is 4.47. The second-order valence-corrected chi connectivity index (χ2v) is 6.65. The van der Waals surface area contributed by atoms with Crippen LogP contribution in [-0.2, 0) is 0 Å². The minimum atomic E-state index is -0.557. The Labute approximate surface area is 171 Å². The van der Waals surface area contributed by atoms with Crippen molar-refractivity contribution in [3.63, 3.8) is 0 Å². The van der Waals surface area contributed by atoms with Crippen molar-refractivity contribution in [2.75, 3.05) is 5.32 Å². The summed E-state index contributed by atoms with van der Waals surface area (Å²) in [6.07, 6.45) is 1.19. The predicted molar refractivity (Wildman–Crippen MR) is 117 cm³/mol. The van der Waals surface area contributed by atoms with Crippen LogP contribution in [0.2, 0.25) is 0 Å². The Hall–Kier alpha value is -3.30.